The van der Waals surface area contributed by atoms with E-state index in [1.165, 1.54) is 19.2 Å². The van der Waals surface area contributed by atoms with Gasteiger partial charge in [0.25, 0.3) is 0 Å². The maximum Gasteiger partial charge on any atom is 0.325 e. The molecular formula is C11H21N5O. The molecule has 0 aliphatic rings. The fourth-order valence-electron chi connectivity index (χ4n) is 1.18. The highest BCUT2D eigenvalue weighted by molar-refractivity contribution is 5.82. The molecule has 0 bridgehead atoms. The Balaban J connectivity index is 0.000000512. The lowest BCUT2D eigenvalue weighted by atomic mass is 10.4. The van der Waals surface area contributed by atoms with Crippen molar-refractivity contribution in [2.75, 3.05) is 19.0 Å². The van der Waals surface area contributed by atoms with Gasteiger partial charge in [-0.05, 0) is 0 Å². The molecule has 0 amide bonds. The van der Waals surface area contributed by atoms with E-state index in [1.807, 2.05) is 19.0 Å². The van der Waals surface area contributed by atoms with Crippen molar-refractivity contribution in [1.29, 1.82) is 0 Å². The third-order valence-electron chi connectivity index (χ3n) is 2.22. The van der Waals surface area contributed by atoms with Crippen LogP contribution in [0.15, 0.2) is 11.1 Å². The summed E-state index contributed by atoms with van der Waals surface area (Å²) in [4.78, 5) is 25.9. The SMILES string of the molecule is CCCC.CN(C)c1ncnc2[nH]c(=O)[nH]c12.[HH]. The third-order valence-corrected chi connectivity index (χ3v) is 2.22. The van der Waals surface area contributed by atoms with Gasteiger partial charge in [0.05, 0.1) is 0 Å². The van der Waals surface area contributed by atoms with Crippen molar-refractivity contribution in [2.45, 2.75) is 26.7 Å². The van der Waals surface area contributed by atoms with Crippen LogP contribution in [-0.2, 0) is 0 Å². The van der Waals surface area contributed by atoms with Gasteiger partial charge in [0, 0.05) is 15.5 Å². The lowest BCUT2D eigenvalue weighted by Crippen LogP contribution is -2.11. The fraction of sp³-hybridized carbons (Fsp3) is 0.545. The Morgan fingerprint density at radius 1 is 1.24 bits per heavy atom. The van der Waals surface area contributed by atoms with Crippen LogP contribution in [0.25, 0.3) is 11.2 Å². The second-order valence-electron chi connectivity index (χ2n) is 3.89. The minimum Gasteiger partial charge on any atom is -0.361 e. The van der Waals surface area contributed by atoms with Crippen LogP contribution >= 0.6 is 0 Å². The van der Waals surface area contributed by atoms with E-state index in [0.29, 0.717) is 17.0 Å². The molecule has 0 radical (unpaired) electrons. The highest BCUT2D eigenvalue weighted by atomic mass is 16.1. The number of rotatable bonds is 2. The normalized spacial score (nSPS) is 9.88. The standard InChI is InChI=1S/C7H9N5O.C4H10.H2/c1-12(2)6-4-5(8-3-9-6)11-7(13)10-4;1-3-4-2;/h3H,1-2H3,(H2,8,9,10,11,13);3-4H2,1-2H3;1H. The van der Waals surface area contributed by atoms with Crippen molar-refractivity contribution in [3.05, 3.63) is 16.8 Å². The second kappa shape index (κ2) is 6.03. The van der Waals surface area contributed by atoms with Gasteiger partial charge in [-0.2, -0.15) is 0 Å². The van der Waals surface area contributed by atoms with Crippen molar-refractivity contribution < 1.29 is 1.43 Å². The molecule has 2 rings (SSSR count). The van der Waals surface area contributed by atoms with Crippen LogP contribution in [0, 0.1) is 0 Å². The number of anilines is 1. The summed E-state index contributed by atoms with van der Waals surface area (Å²) in [7, 11) is 3.71. The van der Waals surface area contributed by atoms with Crippen LogP contribution in [0.5, 0.6) is 0 Å². The Kier molecular flexibility index (Phi) is 4.68. The van der Waals surface area contributed by atoms with Crippen molar-refractivity contribution in [3.8, 4) is 0 Å². The van der Waals surface area contributed by atoms with E-state index < -0.39 is 0 Å². The van der Waals surface area contributed by atoms with Crippen LogP contribution in [0.4, 0.5) is 5.82 Å². The summed E-state index contributed by atoms with van der Waals surface area (Å²) >= 11 is 0. The van der Waals surface area contributed by atoms with Crippen LogP contribution in [0.2, 0.25) is 0 Å². The molecule has 2 heterocycles. The lowest BCUT2D eigenvalue weighted by molar-refractivity contribution is 0.886. The fourth-order valence-corrected chi connectivity index (χ4v) is 1.18. The molecule has 0 aliphatic heterocycles. The van der Waals surface area contributed by atoms with Crippen molar-refractivity contribution in [2.24, 2.45) is 0 Å². The van der Waals surface area contributed by atoms with Gasteiger partial charge in [-0.15, -0.1) is 0 Å². The molecule has 2 N–H and O–H groups in total. The zero-order chi connectivity index (χ0) is 12.8. The van der Waals surface area contributed by atoms with Gasteiger partial charge in [-0.25, -0.2) is 14.8 Å². The van der Waals surface area contributed by atoms with Crippen LogP contribution in [0.1, 0.15) is 28.1 Å². The Morgan fingerprint density at radius 3 is 2.41 bits per heavy atom. The van der Waals surface area contributed by atoms with E-state index in [1.54, 1.807) is 0 Å². The molecule has 17 heavy (non-hydrogen) atoms. The van der Waals surface area contributed by atoms with Gasteiger partial charge in [-0.3, -0.25) is 4.98 Å². The molecule has 0 aliphatic carbocycles. The van der Waals surface area contributed by atoms with Crippen LogP contribution in [0.3, 0.4) is 0 Å². The Morgan fingerprint density at radius 2 is 1.88 bits per heavy atom. The lowest BCUT2D eigenvalue weighted by Gasteiger charge is -2.10. The summed E-state index contributed by atoms with van der Waals surface area (Å²) in [5, 5.41) is 0. The molecule has 6 nitrogen and oxygen atoms in total. The average molecular weight is 239 g/mol. The minimum atomic E-state index is -0.265. The predicted octanol–water partition coefficient (Wildman–Crippen LogP) is 1.76. The maximum atomic E-state index is 11.0. The number of nitrogens with zero attached hydrogens (tertiary/aromatic N) is 3. The molecule has 6 heteroatoms. The Hall–Kier alpha value is -1.85. The summed E-state index contributed by atoms with van der Waals surface area (Å²) < 4.78 is 0. The molecule has 96 valence electrons. The first-order valence-electron chi connectivity index (χ1n) is 5.70. The summed E-state index contributed by atoms with van der Waals surface area (Å²) in [6.45, 7) is 4.36. The van der Waals surface area contributed by atoms with Gasteiger partial charge < -0.3 is 9.88 Å². The third kappa shape index (κ3) is 3.30. The summed E-state index contributed by atoms with van der Waals surface area (Å²) in [6, 6.07) is 0. The van der Waals surface area contributed by atoms with E-state index in [9.17, 15) is 4.79 Å². The van der Waals surface area contributed by atoms with Gasteiger partial charge >= 0.3 is 5.69 Å². The number of hydrogen-bond donors (Lipinski definition) is 2. The number of fused-ring (bicyclic) bond motifs is 1. The molecule has 0 saturated carbocycles. The number of H-pyrrole nitrogens is 2. The highest BCUT2D eigenvalue weighted by Gasteiger charge is 2.07. The van der Waals surface area contributed by atoms with Crippen LogP contribution in [-0.4, -0.2) is 34.0 Å². The van der Waals surface area contributed by atoms with E-state index in [4.69, 9.17) is 0 Å². The number of hydrogen-bond acceptors (Lipinski definition) is 4. The summed E-state index contributed by atoms with van der Waals surface area (Å²) in [6.07, 6.45) is 4.06. The topological polar surface area (TPSA) is 77.7 Å². The number of aromatic amines is 2. The smallest absolute Gasteiger partial charge is 0.325 e. The highest BCUT2D eigenvalue weighted by Crippen LogP contribution is 2.14. The largest absolute Gasteiger partial charge is 0.361 e. The number of unbranched alkanes of at least 4 members (excludes halogenated alkanes) is 1. The molecular weight excluding hydrogens is 218 g/mol. The number of aromatic nitrogens is 4. The summed E-state index contributed by atoms with van der Waals surface area (Å²) in [5.41, 5.74) is 0.903. The zero-order valence-corrected chi connectivity index (χ0v) is 10.7. The minimum absolute atomic E-state index is 0. The Bertz CT molecular complexity index is 517. The van der Waals surface area contributed by atoms with E-state index in [2.05, 4.69) is 33.8 Å². The maximum absolute atomic E-state index is 11.0. The van der Waals surface area contributed by atoms with Gasteiger partial charge in [0.1, 0.15) is 11.8 Å². The van der Waals surface area contributed by atoms with E-state index in [0.717, 1.165) is 0 Å². The molecule has 0 fully saturated rings. The van der Waals surface area contributed by atoms with Gasteiger partial charge in [0.15, 0.2) is 11.5 Å². The Labute approximate surface area is 102 Å². The molecule has 0 spiro atoms. The van der Waals surface area contributed by atoms with Crippen molar-refractivity contribution in [1.82, 2.24) is 19.9 Å². The number of imidazole rings is 1. The molecule has 2 aromatic heterocycles. The molecule has 0 aromatic carbocycles. The van der Waals surface area contributed by atoms with Crippen LogP contribution < -0.4 is 10.6 Å². The van der Waals surface area contributed by atoms with Gasteiger partial charge in [-0.1, -0.05) is 26.7 Å². The van der Waals surface area contributed by atoms with Crippen molar-refractivity contribution >= 4 is 17.0 Å². The first-order valence-corrected chi connectivity index (χ1v) is 5.70. The van der Waals surface area contributed by atoms with E-state index in [-0.39, 0.29) is 7.12 Å². The first kappa shape index (κ1) is 13.2. The number of nitrogens with one attached hydrogen (secondary N) is 2. The molecule has 0 unspecified atom stereocenters. The second-order valence-corrected chi connectivity index (χ2v) is 3.89. The van der Waals surface area contributed by atoms with Gasteiger partial charge in [0.2, 0.25) is 0 Å². The predicted molar refractivity (Wildman–Crippen MR) is 71.5 cm³/mol. The molecule has 0 saturated heterocycles. The first-order chi connectivity index (χ1) is 8.10. The quantitative estimate of drug-likeness (QED) is 0.837. The molecule has 0 atom stereocenters. The monoisotopic (exact) mass is 239 g/mol. The van der Waals surface area contributed by atoms with Crippen molar-refractivity contribution in [3.63, 3.8) is 0 Å². The average Bonchev–Trinajstić information content (AvgIpc) is 2.68. The molecule has 2 aromatic rings. The zero-order valence-electron chi connectivity index (χ0n) is 10.7. The van der Waals surface area contributed by atoms with E-state index >= 15 is 0 Å². The summed E-state index contributed by atoms with van der Waals surface area (Å²) in [5.74, 6) is 0.698.